The fraction of sp³-hybridized carbons (Fsp3) is 0.536. The van der Waals surface area contributed by atoms with E-state index in [1.807, 2.05) is 6.07 Å². The summed E-state index contributed by atoms with van der Waals surface area (Å²) in [5.74, 6) is 0.649. The van der Waals surface area contributed by atoms with Crippen molar-refractivity contribution in [2.24, 2.45) is 17.8 Å². The molecule has 3 unspecified atom stereocenters. The van der Waals surface area contributed by atoms with Crippen LogP contribution in [0, 0.1) is 23.6 Å². The van der Waals surface area contributed by atoms with E-state index in [4.69, 9.17) is 4.74 Å². The van der Waals surface area contributed by atoms with Crippen molar-refractivity contribution in [3.8, 4) is 11.1 Å². The van der Waals surface area contributed by atoms with Crippen LogP contribution >= 0.6 is 0 Å². The van der Waals surface area contributed by atoms with Crippen molar-refractivity contribution < 1.29 is 19.0 Å². The molecule has 2 aliphatic rings. The number of cyclic esters (lactones) is 1. The minimum atomic E-state index is -0.576. The van der Waals surface area contributed by atoms with Gasteiger partial charge in [-0.1, -0.05) is 75.9 Å². The van der Waals surface area contributed by atoms with E-state index in [9.17, 15) is 9.90 Å². The van der Waals surface area contributed by atoms with E-state index >= 15 is 4.39 Å². The Hall–Kier alpha value is -2.20. The van der Waals surface area contributed by atoms with Gasteiger partial charge in [0.2, 0.25) is 0 Å². The second kappa shape index (κ2) is 9.74. The number of fused-ring (bicyclic) bond motifs is 1. The van der Waals surface area contributed by atoms with Crippen LogP contribution in [-0.4, -0.2) is 17.2 Å². The van der Waals surface area contributed by atoms with E-state index in [0.29, 0.717) is 23.5 Å². The molecule has 3 nitrogen and oxygen atoms in total. The molecule has 1 fully saturated rings. The lowest BCUT2D eigenvalue weighted by molar-refractivity contribution is -0.00409. The van der Waals surface area contributed by atoms with Crippen molar-refractivity contribution in [2.45, 2.75) is 77.9 Å². The van der Waals surface area contributed by atoms with Gasteiger partial charge in [0.15, 0.2) is 0 Å². The third kappa shape index (κ3) is 4.61. The molecule has 4 heteroatoms. The van der Waals surface area contributed by atoms with Crippen LogP contribution in [0.1, 0.15) is 86.9 Å². The highest BCUT2D eigenvalue weighted by molar-refractivity contribution is 5.94. The average molecular weight is 439 g/mol. The Balaban J connectivity index is 1.50. The summed E-state index contributed by atoms with van der Waals surface area (Å²) in [6.07, 6.45) is 7.32. The minimum Gasteiger partial charge on any atom is -0.458 e. The molecule has 1 heterocycles. The molecule has 172 valence electrons. The Morgan fingerprint density at radius 3 is 2.38 bits per heavy atom. The van der Waals surface area contributed by atoms with Gasteiger partial charge in [-0.25, -0.2) is 9.18 Å². The summed E-state index contributed by atoms with van der Waals surface area (Å²) in [5.41, 5.74) is 2.67. The zero-order valence-electron chi connectivity index (χ0n) is 19.4. The number of aliphatic hydroxyl groups is 1. The molecule has 0 amide bonds. The fourth-order valence-corrected chi connectivity index (χ4v) is 5.63. The molecule has 0 spiro atoms. The number of carbonyl (C=O) groups excluding carboxylic acids is 1. The Labute approximate surface area is 191 Å². The van der Waals surface area contributed by atoms with Gasteiger partial charge in [-0.2, -0.15) is 0 Å². The smallest absolute Gasteiger partial charge is 0.341 e. The van der Waals surface area contributed by atoms with Crippen LogP contribution in [0.15, 0.2) is 36.4 Å². The Morgan fingerprint density at radius 1 is 1.06 bits per heavy atom. The molecular formula is C28H35FO3. The molecular weight excluding hydrogens is 403 g/mol. The van der Waals surface area contributed by atoms with Gasteiger partial charge in [-0.05, 0) is 54.2 Å². The first kappa shape index (κ1) is 23.0. The number of halogens is 1. The van der Waals surface area contributed by atoms with Gasteiger partial charge in [0.1, 0.15) is 11.9 Å². The third-order valence-electron chi connectivity index (χ3n) is 7.73. The first-order valence-corrected chi connectivity index (χ1v) is 12.2. The third-order valence-corrected chi connectivity index (χ3v) is 7.73. The summed E-state index contributed by atoms with van der Waals surface area (Å²) in [5, 5.41) is 9.70. The lowest BCUT2D eigenvalue weighted by Crippen LogP contribution is -2.37. The number of hydrogen-bond acceptors (Lipinski definition) is 3. The Kier molecular flexibility index (Phi) is 6.99. The predicted molar refractivity (Wildman–Crippen MR) is 125 cm³/mol. The van der Waals surface area contributed by atoms with Crippen molar-refractivity contribution >= 4 is 5.97 Å². The number of ether oxygens (including phenoxy) is 1. The molecule has 0 bridgehead atoms. The number of benzene rings is 2. The summed E-state index contributed by atoms with van der Waals surface area (Å²) in [6.45, 7) is 6.14. The van der Waals surface area contributed by atoms with E-state index in [0.717, 1.165) is 17.0 Å². The van der Waals surface area contributed by atoms with Crippen LogP contribution in [0.2, 0.25) is 0 Å². The van der Waals surface area contributed by atoms with Crippen LogP contribution in [0.25, 0.3) is 11.1 Å². The molecule has 0 radical (unpaired) electrons. The summed E-state index contributed by atoms with van der Waals surface area (Å²) >= 11 is 0. The van der Waals surface area contributed by atoms with E-state index in [1.54, 1.807) is 37.3 Å². The molecule has 0 saturated heterocycles. The van der Waals surface area contributed by atoms with Gasteiger partial charge in [0.25, 0.3) is 0 Å². The normalized spacial score (nSPS) is 25.0. The maximum Gasteiger partial charge on any atom is 0.341 e. The highest BCUT2D eigenvalue weighted by Gasteiger charge is 2.37. The monoisotopic (exact) mass is 438 g/mol. The van der Waals surface area contributed by atoms with Gasteiger partial charge >= 0.3 is 5.97 Å². The molecule has 32 heavy (non-hydrogen) atoms. The van der Waals surface area contributed by atoms with Gasteiger partial charge < -0.3 is 9.84 Å². The molecule has 1 aliphatic carbocycles. The molecule has 0 aromatic heterocycles. The topological polar surface area (TPSA) is 46.5 Å². The first-order valence-electron chi connectivity index (χ1n) is 12.2. The van der Waals surface area contributed by atoms with Crippen LogP contribution < -0.4 is 0 Å². The lowest BCUT2D eigenvalue weighted by atomic mass is 9.72. The van der Waals surface area contributed by atoms with Crippen molar-refractivity contribution in [3.05, 3.63) is 58.9 Å². The highest BCUT2D eigenvalue weighted by atomic mass is 19.1. The van der Waals surface area contributed by atoms with E-state index < -0.39 is 17.9 Å². The van der Waals surface area contributed by atoms with Crippen molar-refractivity contribution in [1.82, 2.24) is 0 Å². The fourth-order valence-electron chi connectivity index (χ4n) is 5.63. The lowest BCUT2D eigenvalue weighted by Gasteiger charge is -2.37. The number of aliphatic hydroxyl groups excluding tert-OH is 1. The van der Waals surface area contributed by atoms with Gasteiger partial charge in [0.05, 0.1) is 11.7 Å². The number of hydrogen-bond donors (Lipinski definition) is 1. The molecule has 2 aromatic carbocycles. The number of esters is 1. The first-order chi connectivity index (χ1) is 15.4. The summed E-state index contributed by atoms with van der Waals surface area (Å²) < 4.78 is 21.2. The SMILES string of the molecule is CCCC1CCC(C(C)C2Cc3ccc(-c4ccc(C(C)O)cc4)c(F)c3C(=O)O2)CC1. The van der Waals surface area contributed by atoms with Crippen LogP contribution in [0.3, 0.4) is 0 Å². The largest absolute Gasteiger partial charge is 0.458 e. The number of carbonyl (C=O) groups is 1. The highest BCUT2D eigenvalue weighted by Crippen LogP contribution is 2.40. The summed E-state index contributed by atoms with van der Waals surface area (Å²) in [7, 11) is 0. The molecule has 3 atom stereocenters. The zero-order chi connectivity index (χ0) is 22.8. The number of rotatable bonds is 6. The average Bonchev–Trinajstić information content (AvgIpc) is 2.79. The minimum absolute atomic E-state index is 0.0807. The van der Waals surface area contributed by atoms with Gasteiger partial charge in [-0.15, -0.1) is 0 Å². The zero-order valence-corrected chi connectivity index (χ0v) is 19.4. The van der Waals surface area contributed by atoms with Crippen LogP contribution in [0.5, 0.6) is 0 Å². The van der Waals surface area contributed by atoms with Crippen molar-refractivity contribution in [3.63, 3.8) is 0 Å². The molecule has 1 aliphatic heterocycles. The Morgan fingerprint density at radius 2 is 1.75 bits per heavy atom. The van der Waals surface area contributed by atoms with Gasteiger partial charge in [-0.3, -0.25) is 0 Å². The standard InChI is InChI=1S/C28H35FO3/c1-4-5-19-6-8-20(9-7-19)17(2)25-16-23-14-15-24(27(29)26(23)28(31)32-25)22-12-10-21(11-13-22)18(3)30/h10-15,17-20,25,30H,4-9,16H2,1-3H3. The van der Waals surface area contributed by atoms with Crippen molar-refractivity contribution in [2.75, 3.05) is 0 Å². The van der Waals surface area contributed by atoms with E-state index in [1.165, 1.54) is 38.5 Å². The predicted octanol–water partition coefficient (Wildman–Crippen LogP) is 6.87. The quantitative estimate of drug-likeness (QED) is 0.501. The van der Waals surface area contributed by atoms with E-state index in [-0.39, 0.29) is 17.6 Å². The molecule has 1 N–H and O–H groups in total. The maximum absolute atomic E-state index is 15.4. The van der Waals surface area contributed by atoms with Crippen LogP contribution in [0.4, 0.5) is 4.39 Å². The second-order valence-electron chi connectivity index (χ2n) is 9.84. The van der Waals surface area contributed by atoms with Crippen molar-refractivity contribution in [1.29, 1.82) is 0 Å². The molecule has 4 rings (SSSR count). The van der Waals surface area contributed by atoms with Gasteiger partial charge in [0, 0.05) is 12.0 Å². The summed E-state index contributed by atoms with van der Waals surface area (Å²) in [6, 6.07) is 10.8. The van der Waals surface area contributed by atoms with E-state index in [2.05, 4.69) is 13.8 Å². The van der Waals surface area contributed by atoms with Crippen LogP contribution in [-0.2, 0) is 11.2 Å². The maximum atomic E-state index is 15.4. The molecule has 1 saturated carbocycles. The Bertz CT molecular complexity index is 942. The second-order valence-corrected chi connectivity index (χ2v) is 9.84. The molecule has 2 aromatic rings. The summed E-state index contributed by atoms with van der Waals surface area (Å²) in [4.78, 5) is 12.9.